The summed E-state index contributed by atoms with van der Waals surface area (Å²) >= 11 is 0. The number of nitrogens with zero attached hydrogens (tertiary/aromatic N) is 2. The number of hydrogen-bond acceptors (Lipinski definition) is 5. The topological polar surface area (TPSA) is 77.4 Å². The van der Waals surface area contributed by atoms with Gasteiger partial charge in [0.1, 0.15) is 23.4 Å². The number of rotatable bonds is 6. The Morgan fingerprint density at radius 3 is 2.56 bits per heavy atom. The molecular formula is C18H24N4O3. The summed E-state index contributed by atoms with van der Waals surface area (Å²) in [6.45, 7) is 1.58. The second-order valence-corrected chi connectivity index (χ2v) is 6.17. The standard InChI is InChI=1S/C18H24N4O3/c1-22-7-6-20-17(22)16(21-18(23)12-4-5-19-11-12)13-8-14(24-2)10-15(9-13)25-3/h6-10,12,16,19H,4-5,11H2,1-3H3,(H,21,23). The highest BCUT2D eigenvalue weighted by molar-refractivity contribution is 5.80. The molecule has 1 aromatic heterocycles. The third-order valence-corrected chi connectivity index (χ3v) is 4.54. The molecule has 0 saturated carbocycles. The summed E-state index contributed by atoms with van der Waals surface area (Å²) in [4.78, 5) is 17.1. The molecule has 2 N–H and O–H groups in total. The van der Waals surface area contributed by atoms with E-state index in [1.165, 1.54) is 0 Å². The van der Waals surface area contributed by atoms with Crippen LogP contribution in [0.25, 0.3) is 0 Å². The van der Waals surface area contributed by atoms with Gasteiger partial charge < -0.3 is 24.7 Å². The lowest BCUT2D eigenvalue weighted by molar-refractivity contribution is -0.125. The summed E-state index contributed by atoms with van der Waals surface area (Å²) in [5.41, 5.74) is 0.866. The second-order valence-electron chi connectivity index (χ2n) is 6.17. The van der Waals surface area contributed by atoms with Crippen molar-refractivity contribution < 1.29 is 14.3 Å². The van der Waals surface area contributed by atoms with Crippen LogP contribution in [0.4, 0.5) is 0 Å². The van der Waals surface area contributed by atoms with E-state index in [0.717, 1.165) is 24.4 Å². The van der Waals surface area contributed by atoms with E-state index in [4.69, 9.17) is 9.47 Å². The molecule has 1 aliphatic rings. The smallest absolute Gasteiger partial charge is 0.225 e. The first kappa shape index (κ1) is 17.3. The maximum Gasteiger partial charge on any atom is 0.225 e. The normalized spacial score (nSPS) is 18.0. The number of carbonyl (C=O) groups is 1. The zero-order valence-electron chi connectivity index (χ0n) is 14.8. The number of ether oxygens (including phenoxy) is 2. The van der Waals surface area contributed by atoms with Gasteiger partial charge in [0.25, 0.3) is 0 Å². The Labute approximate surface area is 147 Å². The number of carbonyl (C=O) groups excluding carboxylic acids is 1. The molecule has 25 heavy (non-hydrogen) atoms. The van der Waals surface area contributed by atoms with E-state index < -0.39 is 0 Å². The van der Waals surface area contributed by atoms with Crippen LogP contribution in [0, 0.1) is 5.92 Å². The average molecular weight is 344 g/mol. The number of imidazole rings is 1. The largest absolute Gasteiger partial charge is 0.497 e. The first-order valence-corrected chi connectivity index (χ1v) is 8.33. The van der Waals surface area contributed by atoms with Crippen LogP contribution in [0.2, 0.25) is 0 Å². The van der Waals surface area contributed by atoms with Gasteiger partial charge in [0.2, 0.25) is 5.91 Å². The molecule has 7 heteroatoms. The monoisotopic (exact) mass is 344 g/mol. The molecule has 1 aliphatic heterocycles. The lowest BCUT2D eigenvalue weighted by Crippen LogP contribution is -2.36. The molecule has 1 fully saturated rings. The number of nitrogens with one attached hydrogen (secondary N) is 2. The predicted molar refractivity (Wildman–Crippen MR) is 93.7 cm³/mol. The van der Waals surface area contributed by atoms with Gasteiger partial charge in [-0.05, 0) is 30.7 Å². The summed E-state index contributed by atoms with van der Waals surface area (Å²) in [6.07, 6.45) is 4.44. The third-order valence-electron chi connectivity index (χ3n) is 4.54. The second kappa shape index (κ2) is 7.57. The van der Waals surface area contributed by atoms with Crippen LogP contribution in [0.1, 0.15) is 23.9 Å². The van der Waals surface area contributed by atoms with Gasteiger partial charge in [-0.1, -0.05) is 0 Å². The van der Waals surface area contributed by atoms with Gasteiger partial charge >= 0.3 is 0 Å². The fourth-order valence-corrected chi connectivity index (χ4v) is 3.09. The van der Waals surface area contributed by atoms with Crippen LogP contribution >= 0.6 is 0 Å². The zero-order valence-corrected chi connectivity index (χ0v) is 14.8. The van der Waals surface area contributed by atoms with Crippen molar-refractivity contribution in [3.63, 3.8) is 0 Å². The quantitative estimate of drug-likeness (QED) is 0.825. The van der Waals surface area contributed by atoms with Crippen molar-refractivity contribution in [2.75, 3.05) is 27.3 Å². The number of aryl methyl sites for hydroxylation is 1. The Bertz CT molecular complexity index is 715. The van der Waals surface area contributed by atoms with Crippen molar-refractivity contribution in [1.82, 2.24) is 20.2 Å². The Morgan fingerprint density at radius 1 is 1.32 bits per heavy atom. The maximum absolute atomic E-state index is 12.7. The molecule has 7 nitrogen and oxygen atoms in total. The molecular weight excluding hydrogens is 320 g/mol. The average Bonchev–Trinajstić information content (AvgIpc) is 3.31. The van der Waals surface area contributed by atoms with E-state index in [1.807, 2.05) is 36.0 Å². The predicted octanol–water partition coefficient (Wildman–Crippen LogP) is 1.25. The van der Waals surface area contributed by atoms with Crippen molar-refractivity contribution in [1.29, 1.82) is 0 Å². The Kier molecular flexibility index (Phi) is 5.23. The lowest BCUT2D eigenvalue weighted by atomic mass is 10.0. The third kappa shape index (κ3) is 3.76. The molecule has 0 spiro atoms. The molecule has 1 aromatic carbocycles. The molecule has 1 amide bonds. The molecule has 2 aromatic rings. The molecule has 2 unspecified atom stereocenters. The molecule has 0 bridgehead atoms. The minimum Gasteiger partial charge on any atom is -0.497 e. The number of hydrogen-bond donors (Lipinski definition) is 2. The van der Waals surface area contributed by atoms with Crippen LogP contribution in [-0.2, 0) is 11.8 Å². The van der Waals surface area contributed by atoms with E-state index in [2.05, 4.69) is 15.6 Å². The van der Waals surface area contributed by atoms with Gasteiger partial charge in [-0.15, -0.1) is 0 Å². The van der Waals surface area contributed by atoms with Crippen LogP contribution in [-0.4, -0.2) is 42.8 Å². The van der Waals surface area contributed by atoms with Crippen molar-refractivity contribution >= 4 is 5.91 Å². The first-order chi connectivity index (χ1) is 12.1. The lowest BCUT2D eigenvalue weighted by Gasteiger charge is -2.22. The van der Waals surface area contributed by atoms with E-state index in [0.29, 0.717) is 18.0 Å². The van der Waals surface area contributed by atoms with Crippen molar-refractivity contribution in [3.8, 4) is 11.5 Å². The van der Waals surface area contributed by atoms with Gasteiger partial charge in [0, 0.05) is 32.1 Å². The van der Waals surface area contributed by atoms with Crippen molar-refractivity contribution in [2.45, 2.75) is 12.5 Å². The fourth-order valence-electron chi connectivity index (χ4n) is 3.09. The van der Waals surface area contributed by atoms with Gasteiger partial charge in [-0.2, -0.15) is 0 Å². The van der Waals surface area contributed by atoms with Gasteiger partial charge in [0.15, 0.2) is 0 Å². The summed E-state index contributed by atoms with van der Waals surface area (Å²) in [6, 6.07) is 5.23. The molecule has 3 rings (SSSR count). The number of aromatic nitrogens is 2. The number of amides is 1. The van der Waals surface area contributed by atoms with Gasteiger partial charge in [-0.25, -0.2) is 4.98 Å². The van der Waals surface area contributed by atoms with E-state index in [9.17, 15) is 4.79 Å². The molecule has 2 heterocycles. The van der Waals surface area contributed by atoms with Crippen LogP contribution in [0.5, 0.6) is 11.5 Å². The highest BCUT2D eigenvalue weighted by atomic mass is 16.5. The fraction of sp³-hybridized carbons (Fsp3) is 0.444. The minimum atomic E-state index is -0.378. The van der Waals surface area contributed by atoms with Crippen LogP contribution in [0.15, 0.2) is 30.6 Å². The Morgan fingerprint density at radius 2 is 2.04 bits per heavy atom. The summed E-state index contributed by atoms with van der Waals surface area (Å²) in [5.74, 6) is 2.11. The highest BCUT2D eigenvalue weighted by Crippen LogP contribution is 2.29. The SMILES string of the molecule is COc1cc(OC)cc(C(NC(=O)C2CCNC2)c2nccn2C)c1. The maximum atomic E-state index is 12.7. The number of benzene rings is 1. The van der Waals surface area contributed by atoms with Crippen LogP contribution in [0.3, 0.4) is 0 Å². The highest BCUT2D eigenvalue weighted by Gasteiger charge is 2.28. The van der Waals surface area contributed by atoms with Gasteiger partial charge in [-0.3, -0.25) is 4.79 Å². The molecule has 1 saturated heterocycles. The summed E-state index contributed by atoms with van der Waals surface area (Å²) in [5, 5.41) is 6.37. The Hall–Kier alpha value is -2.54. The van der Waals surface area contributed by atoms with E-state index in [1.54, 1.807) is 20.4 Å². The molecule has 0 radical (unpaired) electrons. The minimum absolute atomic E-state index is 0.0183. The molecule has 2 atom stereocenters. The Balaban J connectivity index is 1.96. The molecule has 0 aliphatic carbocycles. The van der Waals surface area contributed by atoms with Crippen molar-refractivity contribution in [3.05, 3.63) is 42.0 Å². The summed E-state index contributed by atoms with van der Waals surface area (Å²) < 4.78 is 12.6. The first-order valence-electron chi connectivity index (χ1n) is 8.33. The molecule has 134 valence electrons. The van der Waals surface area contributed by atoms with E-state index >= 15 is 0 Å². The number of methoxy groups -OCH3 is 2. The van der Waals surface area contributed by atoms with E-state index in [-0.39, 0.29) is 17.9 Å². The van der Waals surface area contributed by atoms with Gasteiger partial charge in [0.05, 0.1) is 20.1 Å². The summed E-state index contributed by atoms with van der Waals surface area (Å²) in [7, 11) is 5.13. The van der Waals surface area contributed by atoms with Crippen molar-refractivity contribution in [2.24, 2.45) is 13.0 Å². The zero-order chi connectivity index (χ0) is 17.8. The van der Waals surface area contributed by atoms with Crippen LogP contribution < -0.4 is 20.1 Å².